The van der Waals surface area contributed by atoms with Crippen LogP contribution in [0.25, 0.3) is 10.3 Å². The first-order valence-electron chi connectivity index (χ1n) is 12.1. The molecule has 5 rings (SSSR count). The number of rotatable bonds is 7. The van der Waals surface area contributed by atoms with Gasteiger partial charge in [-0.1, -0.05) is 23.5 Å². The molecule has 2 aliphatic rings. The first kappa shape index (κ1) is 23.0. The fourth-order valence-electron chi connectivity index (χ4n) is 4.81. The fourth-order valence-corrected chi connectivity index (χ4v) is 5.77. The average Bonchev–Trinajstić information content (AvgIpc) is 3.32. The highest BCUT2D eigenvalue weighted by Gasteiger charge is 2.26. The summed E-state index contributed by atoms with van der Waals surface area (Å²) < 4.78 is 14.0. The van der Waals surface area contributed by atoms with Gasteiger partial charge in [0.25, 0.3) is 0 Å². The first-order valence-corrected chi connectivity index (χ1v) is 12.9. The number of pyridine rings is 1. The van der Waals surface area contributed by atoms with Crippen LogP contribution in [-0.4, -0.2) is 73.1 Å². The van der Waals surface area contributed by atoms with Gasteiger partial charge in [0, 0.05) is 57.9 Å². The maximum absolute atomic E-state index is 14.0. The van der Waals surface area contributed by atoms with Crippen molar-refractivity contribution in [2.24, 2.45) is 5.92 Å². The molecule has 0 unspecified atom stereocenters. The highest BCUT2D eigenvalue weighted by atomic mass is 32.1. The highest BCUT2D eigenvalue weighted by molar-refractivity contribution is 7.21. The average molecular weight is 483 g/mol. The molecule has 0 atom stereocenters. The number of nitrogens with zero attached hydrogens (tertiary/aromatic N) is 5. The Morgan fingerprint density at radius 1 is 1.03 bits per heavy atom. The number of nitrogens with one attached hydrogen (secondary N) is 1. The number of fused-ring (bicyclic) bond motifs is 1. The van der Waals surface area contributed by atoms with Crippen molar-refractivity contribution >= 4 is 38.4 Å². The summed E-state index contributed by atoms with van der Waals surface area (Å²) in [6.07, 6.45) is 4.44. The first-order chi connectivity index (χ1) is 16.7. The molecule has 7 nitrogen and oxygen atoms in total. The quantitative estimate of drug-likeness (QED) is 0.521. The summed E-state index contributed by atoms with van der Waals surface area (Å²) in [4.78, 5) is 29.5. The summed E-state index contributed by atoms with van der Waals surface area (Å²) in [5.74, 6) is 0.102. The Labute approximate surface area is 203 Å². The van der Waals surface area contributed by atoms with Gasteiger partial charge in [-0.2, -0.15) is 0 Å². The zero-order chi connectivity index (χ0) is 23.3. The van der Waals surface area contributed by atoms with Gasteiger partial charge in [0.05, 0.1) is 5.69 Å². The van der Waals surface area contributed by atoms with Gasteiger partial charge in [-0.15, -0.1) is 0 Å². The summed E-state index contributed by atoms with van der Waals surface area (Å²) in [5, 5.41) is 4.15. The Morgan fingerprint density at radius 3 is 2.59 bits per heavy atom. The molecule has 0 aliphatic carbocycles. The molecule has 0 spiro atoms. The van der Waals surface area contributed by atoms with Crippen molar-refractivity contribution in [3.63, 3.8) is 0 Å². The second kappa shape index (κ2) is 10.7. The summed E-state index contributed by atoms with van der Waals surface area (Å²) in [7, 11) is 0. The van der Waals surface area contributed by atoms with Gasteiger partial charge < -0.3 is 15.1 Å². The fraction of sp³-hybridized carbons (Fsp3) is 0.480. The number of piperazine rings is 1. The predicted molar refractivity (Wildman–Crippen MR) is 135 cm³/mol. The minimum absolute atomic E-state index is 0.0769. The van der Waals surface area contributed by atoms with E-state index in [1.54, 1.807) is 23.6 Å². The van der Waals surface area contributed by atoms with E-state index in [-0.39, 0.29) is 17.6 Å². The molecule has 180 valence electrons. The number of hydrogen-bond donors (Lipinski definition) is 1. The molecule has 2 saturated heterocycles. The Kier molecular flexibility index (Phi) is 7.20. The lowest BCUT2D eigenvalue weighted by atomic mass is 9.96. The van der Waals surface area contributed by atoms with Crippen LogP contribution in [0.4, 0.5) is 15.2 Å². The van der Waals surface area contributed by atoms with Crippen LogP contribution in [-0.2, 0) is 4.79 Å². The van der Waals surface area contributed by atoms with E-state index < -0.39 is 0 Å². The molecular weight excluding hydrogens is 451 g/mol. The zero-order valence-corrected chi connectivity index (χ0v) is 20.1. The zero-order valence-electron chi connectivity index (χ0n) is 19.3. The van der Waals surface area contributed by atoms with Crippen LogP contribution < -0.4 is 15.1 Å². The van der Waals surface area contributed by atoms with Crippen molar-refractivity contribution in [1.82, 2.24) is 20.2 Å². The monoisotopic (exact) mass is 482 g/mol. The largest absolute Gasteiger partial charge is 0.367 e. The van der Waals surface area contributed by atoms with E-state index in [0.29, 0.717) is 12.2 Å². The topological polar surface area (TPSA) is 64.6 Å². The van der Waals surface area contributed by atoms with Crippen LogP contribution in [0.1, 0.15) is 19.3 Å². The van der Waals surface area contributed by atoms with Crippen LogP contribution in [0, 0.1) is 11.7 Å². The molecule has 0 radical (unpaired) electrons. The summed E-state index contributed by atoms with van der Waals surface area (Å²) in [6.45, 7) is 6.86. The molecule has 3 aromatic rings. The lowest BCUT2D eigenvalue weighted by Gasteiger charge is -2.36. The van der Waals surface area contributed by atoms with Crippen molar-refractivity contribution in [1.29, 1.82) is 0 Å². The number of benzene rings is 1. The van der Waals surface area contributed by atoms with Crippen LogP contribution in [0.5, 0.6) is 0 Å². The van der Waals surface area contributed by atoms with Crippen molar-refractivity contribution in [3.8, 4) is 0 Å². The van der Waals surface area contributed by atoms with Crippen LogP contribution in [0.15, 0.2) is 42.6 Å². The highest BCUT2D eigenvalue weighted by Crippen LogP contribution is 2.30. The number of carbonyl (C=O) groups excluding carboxylic acids is 1. The molecule has 4 heterocycles. The van der Waals surface area contributed by atoms with Crippen LogP contribution >= 0.6 is 11.3 Å². The lowest BCUT2D eigenvalue weighted by Crippen LogP contribution is -2.47. The third-order valence-electron chi connectivity index (χ3n) is 6.81. The summed E-state index contributed by atoms with van der Waals surface area (Å²) >= 11 is 1.62. The number of anilines is 2. The normalized spacial score (nSPS) is 17.9. The number of aromatic nitrogens is 2. The van der Waals surface area contributed by atoms with Gasteiger partial charge in [-0.3, -0.25) is 9.69 Å². The standard InChI is InChI=1S/C25H31FN6OS/c26-20-5-1-2-7-22(20)31-17-15-30(16-18-31)12-4-11-27-23(33)19-8-13-32(14-9-19)25-29-21-6-3-10-28-24(21)34-25/h1-3,5-7,10,19H,4,8-9,11-18H2,(H,27,33). The van der Waals surface area contributed by atoms with Gasteiger partial charge in [0.2, 0.25) is 5.91 Å². The number of hydrogen-bond acceptors (Lipinski definition) is 7. The molecule has 0 saturated carbocycles. The minimum atomic E-state index is -0.151. The second-order valence-electron chi connectivity index (χ2n) is 9.01. The number of para-hydroxylation sites is 1. The van der Waals surface area contributed by atoms with Crippen molar-refractivity contribution in [3.05, 3.63) is 48.4 Å². The number of amides is 1. The predicted octanol–water partition coefficient (Wildman–Crippen LogP) is 3.38. The van der Waals surface area contributed by atoms with Crippen molar-refractivity contribution in [2.45, 2.75) is 19.3 Å². The molecule has 1 amide bonds. The maximum Gasteiger partial charge on any atom is 0.223 e. The van der Waals surface area contributed by atoms with Gasteiger partial charge in [0.15, 0.2) is 5.13 Å². The number of piperidine rings is 1. The van der Waals surface area contributed by atoms with E-state index >= 15 is 0 Å². The summed E-state index contributed by atoms with van der Waals surface area (Å²) in [5.41, 5.74) is 1.64. The van der Waals surface area contributed by atoms with Crippen molar-refractivity contribution in [2.75, 3.05) is 62.2 Å². The van der Waals surface area contributed by atoms with Crippen LogP contribution in [0.3, 0.4) is 0 Å². The Morgan fingerprint density at radius 2 is 1.82 bits per heavy atom. The second-order valence-corrected chi connectivity index (χ2v) is 9.97. The molecule has 1 aromatic carbocycles. The van der Waals surface area contributed by atoms with Crippen molar-refractivity contribution < 1.29 is 9.18 Å². The van der Waals surface area contributed by atoms with E-state index in [1.165, 1.54) is 6.07 Å². The van der Waals surface area contributed by atoms with E-state index in [0.717, 1.165) is 80.6 Å². The van der Waals surface area contributed by atoms with Gasteiger partial charge in [0.1, 0.15) is 16.2 Å². The molecule has 2 aliphatic heterocycles. The third-order valence-corrected chi connectivity index (χ3v) is 7.85. The molecule has 2 aromatic heterocycles. The Bertz CT molecular complexity index is 1070. The maximum atomic E-state index is 14.0. The van der Waals surface area contributed by atoms with Gasteiger partial charge in [-0.05, 0) is 50.1 Å². The number of carbonyl (C=O) groups is 1. The van der Waals surface area contributed by atoms with E-state index in [9.17, 15) is 9.18 Å². The van der Waals surface area contributed by atoms with E-state index in [2.05, 4.69) is 25.0 Å². The van der Waals surface area contributed by atoms with Gasteiger partial charge >= 0.3 is 0 Å². The number of halogens is 1. The number of thiazole rings is 1. The Hall–Kier alpha value is -2.78. The summed E-state index contributed by atoms with van der Waals surface area (Å²) in [6, 6.07) is 10.9. The van der Waals surface area contributed by atoms with Crippen LogP contribution in [0.2, 0.25) is 0 Å². The molecule has 9 heteroatoms. The third kappa shape index (κ3) is 5.31. The van der Waals surface area contributed by atoms with Gasteiger partial charge in [-0.25, -0.2) is 14.4 Å². The smallest absolute Gasteiger partial charge is 0.223 e. The molecule has 1 N–H and O–H groups in total. The minimum Gasteiger partial charge on any atom is -0.367 e. The Balaban J connectivity index is 0.990. The SMILES string of the molecule is O=C(NCCCN1CCN(c2ccccc2F)CC1)C1CCN(c2nc3cccnc3s2)CC1. The molecule has 2 fully saturated rings. The molecule has 0 bridgehead atoms. The van der Waals surface area contributed by atoms with E-state index in [4.69, 9.17) is 4.98 Å². The molecule has 34 heavy (non-hydrogen) atoms. The van der Waals surface area contributed by atoms with E-state index in [1.807, 2.05) is 24.3 Å². The lowest BCUT2D eigenvalue weighted by molar-refractivity contribution is -0.125. The molecular formula is C25H31FN6OS.